The number of thioether (sulfide) groups is 1. The smallest absolute Gasteiger partial charge is 0.412 e. The lowest BCUT2D eigenvalue weighted by atomic mass is 9.92. The van der Waals surface area contributed by atoms with Gasteiger partial charge in [-0.2, -0.15) is 0 Å². The van der Waals surface area contributed by atoms with E-state index in [4.69, 9.17) is 10.5 Å². The molecule has 0 aliphatic rings. The minimum absolute atomic E-state index is 0.129. The number of fused-ring (bicyclic) bond motifs is 1. The van der Waals surface area contributed by atoms with Gasteiger partial charge in [0.2, 0.25) is 5.91 Å². The molecular weight excluding hydrogens is 498 g/mol. The van der Waals surface area contributed by atoms with Crippen LogP contribution in [-0.4, -0.2) is 23.4 Å². The zero-order chi connectivity index (χ0) is 27.1. The Balaban J connectivity index is 1.59. The number of hydrogen-bond acceptors (Lipinski definition) is 6. The number of benzene rings is 4. The molecule has 7 nitrogen and oxygen atoms in total. The molecule has 5 N–H and O–H groups in total. The highest BCUT2D eigenvalue weighted by atomic mass is 32.2. The van der Waals surface area contributed by atoms with Crippen molar-refractivity contribution in [3.63, 3.8) is 0 Å². The summed E-state index contributed by atoms with van der Waals surface area (Å²) in [4.78, 5) is 26.6. The van der Waals surface area contributed by atoms with Crippen LogP contribution in [0.4, 0.5) is 21.9 Å². The van der Waals surface area contributed by atoms with Crippen LogP contribution in [0.1, 0.15) is 18.6 Å². The lowest BCUT2D eigenvalue weighted by Crippen LogP contribution is -2.22. The number of nitrogen functional groups attached to an aromatic ring is 1. The molecule has 194 valence electrons. The Labute approximate surface area is 225 Å². The van der Waals surface area contributed by atoms with Gasteiger partial charge in [-0.3, -0.25) is 10.1 Å². The van der Waals surface area contributed by atoms with E-state index in [0.29, 0.717) is 28.0 Å². The molecule has 4 aromatic carbocycles. The quantitative estimate of drug-likeness (QED) is 0.112. The van der Waals surface area contributed by atoms with Crippen molar-refractivity contribution >= 4 is 51.6 Å². The maximum Gasteiger partial charge on any atom is 0.412 e. The third-order valence-corrected chi connectivity index (χ3v) is 6.80. The molecule has 8 heteroatoms. The number of phenols is 1. The number of carbonyl (C=O) groups excluding carboxylic acids is 2. The molecule has 0 heterocycles. The maximum absolute atomic E-state index is 13.0. The normalized spacial score (nSPS) is 12.7. The number of ether oxygens (including phenoxy) is 1. The average molecular weight is 528 g/mol. The number of carbonyl (C=O) groups is 2. The van der Waals surface area contributed by atoms with Gasteiger partial charge in [0.05, 0.1) is 11.4 Å². The zero-order valence-corrected chi connectivity index (χ0v) is 21.9. The molecule has 2 atom stereocenters. The van der Waals surface area contributed by atoms with Crippen LogP contribution in [-0.2, 0) is 9.53 Å². The van der Waals surface area contributed by atoms with Gasteiger partial charge >= 0.3 is 6.09 Å². The Bertz CT molecular complexity index is 1470. The van der Waals surface area contributed by atoms with Gasteiger partial charge in [0.1, 0.15) is 11.9 Å². The molecule has 4 aromatic rings. The fourth-order valence-electron chi connectivity index (χ4n) is 4.07. The Morgan fingerprint density at radius 1 is 0.921 bits per heavy atom. The van der Waals surface area contributed by atoms with Crippen LogP contribution < -0.4 is 16.4 Å². The van der Waals surface area contributed by atoms with E-state index in [1.165, 1.54) is 6.08 Å². The lowest BCUT2D eigenvalue weighted by molar-refractivity contribution is -0.111. The first-order valence-corrected chi connectivity index (χ1v) is 13.2. The van der Waals surface area contributed by atoms with Crippen molar-refractivity contribution in [3.8, 4) is 5.75 Å². The molecule has 0 aliphatic carbocycles. The largest absolute Gasteiger partial charge is 0.507 e. The summed E-state index contributed by atoms with van der Waals surface area (Å²) in [5.41, 5.74) is 8.20. The first-order chi connectivity index (χ1) is 18.4. The monoisotopic (exact) mass is 527 g/mol. The topological polar surface area (TPSA) is 114 Å². The van der Waals surface area contributed by atoms with Gasteiger partial charge in [0, 0.05) is 27.5 Å². The van der Waals surface area contributed by atoms with Crippen molar-refractivity contribution in [2.45, 2.75) is 17.9 Å². The van der Waals surface area contributed by atoms with Crippen molar-refractivity contribution in [1.82, 2.24) is 0 Å². The van der Waals surface area contributed by atoms with Crippen molar-refractivity contribution in [3.05, 3.63) is 103 Å². The summed E-state index contributed by atoms with van der Waals surface area (Å²) >= 11 is 1.61. The minimum atomic E-state index is -0.753. The van der Waals surface area contributed by atoms with Crippen molar-refractivity contribution in [1.29, 1.82) is 0 Å². The number of anilines is 3. The van der Waals surface area contributed by atoms with Gasteiger partial charge in [-0.05, 0) is 60.2 Å². The fourth-order valence-corrected chi connectivity index (χ4v) is 4.48. The summed E-state index contributed by atoms with van der Waals surface area (Å²) in [5.74, 6) is -0.627. The fraction of sp³-hybridized carbons (Fsp3) is 0.133. The van der Waals surface area contributed by atoms with Crippen LogP contribution in [0.3, 0.4) is 0 Å². The summed E-state index contributed by atoms with van der Waals surface area (Å²) < 4.78 is 5.94. The summed E-state index contributed by atoms with van der Waals surface area (Å²) in [6.07, 6.45) is 3.67. The standard InChI is InChI=1S/C30H29N3O4S/c1-19(11-18-28(35)33-26-10-6-5-9-25(26)31)29(24-16-17-27(34)23-8-4-3-7-22(23)24)37-30(36)32-20-12-14-21(38-2)15-13-20/h3-19,29,34H,31H2,1-2H3,(H,32,36)(H,33,35)/b18-11+/t19-,29+/m1/s1. The molecular formula is C30H29N3O4S. The molecule has 0 spiro atoms. The van der Waals surface area contributed by atoms with Crippen LogP contribution in [0.2, 0.25) is 0 Å². The van der Waals surface area contributed by atoms with Crippen LogP contribution in [0.5, 0.6) is 5.75 Å². The maximum atomic E-state index is 13.0. The van der Waals surface area contributed by atoms with Crippen molar-refractivity contribution < 1.29 is 19.4 Å². The van der Waals surface area contributed by atoms with Crippen molar-refractivity contribution in [2.75, 3.05) is 22.6 Å². The number of nitrogens with one attached hydrogen (secondary N) is 2. The summed E-state index contributed by atoms with van der Waals surface area (Å²) in [6.45, 7) is 1.85. The molecule has 0 aliphatic heterocycles. The second kappa shape index (κ2) is 12.2. The van der Waals surface area contributed by atoms with Crippen LogP contribution in [0.15, 0.2) is 102 Å². The second-order valence-corrected chi connectivity index (χ2v) is 9.57. The van der Waals surface area contributed by atoms with Crippen molar-refractivity contribution in [2.24, 2.45) is 5.92 Å². The van der Waals surface area contributed by atoms with Gasteiger partial charge in [0.15, 0.2) is 0 Å². The summed E-state index contributed by atoms with van der Waals surface area (Å²) in [5, 5.41) is 17.3. The molecule has 0 aromatic heterocycles. The Kier molecular flexibility index (Phi) is 8.55. The predicted molar refractivity (Wildman–Crippen MR) is 154 cm³/mol. The molecule has 38 heavy (non-hydrogen) atoms. The number of nitrogens with two attached hydrogens (primary N) is 1. The average Bonchev–Trinajstić information content (AvgIpc) is 2.93. The summed E-state index contributed by atoms with van der Waals surface area (Å²) in [6, 6.07) is 25.1. The number of rotatable bonds is 8. The molecule has 2 amide bonds. The number of aromatic hydroxyl groups is 1. The zero-order valence-electron chi connectivity index (χ0n) is 21.0. The molecule has 0 unspecified atom stereocenters. The third-order valence-electron chi connectivity index (χ3n) is 6.06. The molecule has 0 radical (unpaired) electrons. The van der Waals surface area contributed by atoms with E-state index in [-0.39, 0.29) is 11.7 Å². The van der Waals surface area contributed by atoms with E-state index in [1.54, 1.807) is 72.4 Å². The highest BCUT2D eigenvalue weighted by Gasteiger charge is 2.25. The van der Waals surface area contributed by atoms with E-state index >= 15 is 0 Å². The number of para-hydroxylation sites is 2. The van der Waals surface area contributed by atoms with E-state index in [2.05, 4.69) is 10.6 Å². The van der Waals surface area contributed by atoms with Gasteiger partial charge in [-0.15, -0.1) is 11.8 Å². The van der Waals surface area contributed by atoms with E-state index in [9.17, 15) is 14.7 Å². The SMILES string of the molecule is CSc1ccc(NC(=O)O[C@H](c2ccc(O)c3ccccc23)[C@H](C)/C=C/C(=O)Nc2ccccc2N)cc1. The van der Waals surface area contributed by atoms with E-state index in [0.717, 1.165) is 10.3 Å². The second-order valence-electron chi connectivity index (χ2n) is 8.69. The van der Waals surface area contributed by atoms with E-state index in [1.807, 2.05) is 43.5 Å². The Hall–Kier alpha value is -4.43. The summed E-state index contributed by atoms with van der Waals surface area (Å²) in [7, 11) is 0. The Morgan fingerprint density at radius 2 is 1.61 bits per heavy atom. The van der Waals surface area contributed by atoms with Crippen LogP contribution in [0.25, 0.3) is 10.8 Å². The van der Waals surface area contributed by atoms with Gasteiger partial charge in [0.25, 0.3) is 0 Å². The lowest BCUT2D eigenvalue weighted by Gasteiger charge is -2.24. The molecule has 0 fully saturated rings. The molecule has 0 saturated carbocycles. The minimum Gasteiger partial charge on any atom is -0.507 e. The number of amides is 2. The molecule has 0 bridgehead atoms. The van der Waals surface area contributed by atoms with E-state index < -0.39 is 18.1 Å². The van der Waals surface area contributed by atoms with Crippen LogP contribution in [0, 0.1) is 5.92 Å². The predicted octanol–water partition coefficient (Wildman–Crippen LogP) is 6.97. The van der Waals surface area contributed by atoms with Gasteiger partial charge in [-0.25, -0.2) is 4.79 Å². The van der Waals surface area contributed by atoms with Crippen LogP contribution >= 0.6 is 11.8 Å². The number of hydrogen-bond donors (Lipinski definition) is 4. The first-order valence-electron chi connectivity index (χ1n) is 12.0. The first kappa shape index (κ1) is 26.6. The third kappa shape index (κ3) is 6.46. The molecule has 4 rings (SSSR count). The highest BCUT2D eigenvalue weighted by Crippen LogP contribution is 2.36. The van der Waals surface area contributed by atoms with Gasteiger partial charge < -0.3 is 20.9 Å². The molecule has 0 saturated heterocycles. The Morgan fingerprint density at radius 3 is 2.32 bits per heavy atom. The number of phenolic OH excluding ortho intramolecular Hbond substituents is 1. The highest BCUT2D eigenvalue weighted by molar-refractivity contribution is 7.98. The van der Waals surface area contributed by atoms with Gasteiger partial charge in [-0.1, -0.05) is 55.5 Å².